The van der Waals surface area contributed by atoms with Gasteiger partial charge in [0.15, 0.2) is 5.84 Å². The predicted octanol–water partition coefficient (Wildman–Crippen LogP) is 1.85. The number of nitrogens with one attached hydrogen (secondary N) is 1. The predicted molar refractivity (Wildman–Crippen MR) is 75.0 cm³/mol. The molecule has 4 N–H and O–H groups in total. The molecule has 1 heterocycles. The summed E-state index contributed by atoms with van der Waals surface area (Å²) in [7, 11) is 0. The summed E-state index contributed by atoms with van der Waals surface area (Å²) in [6, 6.07) is 3.82. The van der Waals surface area contributed by atoms with E-state index >= 15 is 0 Å². The Balaban J connectivity index is 1.93. The Morgan fingerprint density at radius 1 is 1.58 bits per heavy atom. The molecule has 0 spiro atoms. The van der Waals surface area contributed by atoms with Crippen LogP contribution in [0.15, 0.2) is 23.5 Å². The van der Waals surface area contributed by atoms with Gasteiger partial charge in [0.2, 0.25) is 0 Å². The number of nitrogens with zero attached hydrogens (tertiary/aromatic N) is 2. The fourth-order valence-electron chi connectivity index (χ4n) is 2.54. The van der Waals surface area contributed by atoms with Crippen LogP contribution in [0.4, 0.5) is 0 Å². The molecule has 1 saturated carbocycles. The number of pyridine rings is 1. The highest BCUT2D eigenvalue weighted by molar-refractivity contribution is 5.96. The van der Waals surface area contributed by atoms with Crippen LogP contribution in [0.5, 0.6) is 0 Å². The third-order valence-electron chi connectivity index (χ3n) is 3.79. The summed E-state index contributed by atoms with van der Waals surface area (Å²) in [5, 5.41) is 15.2. The van der Waals surface area contributed by atoms with Crippen molar-refractivity contribution < 1.29 is 5.21 Å². The standard InChI is InChI=1S/C14H22N4O/c1-2-5-14(6-7-14)10-16-9-11-4-3-8-17-12(11)13(15)18-19/h3-4,8,16,19H,2,5-7,9-10H2,1H3,(H2,15,18). The average molecular weight is 262 g/mol. The lowest BCUT2D eigenvalue weighted by Crippen LogP contribution is -2.26. The maximum atomic E-state index is 8.75. The van der Waals surface area contributed by atoms with Crippen molar-refractivity contribution in [3.63, 3.8) is 0 Å². The van der Waals surface area contributed by atoms with Gasteiger partial charge in [0.1, 0.15) is 5.69 Å². The van der Waals surface area contributed by atoms with Crippen LogP contribution in [-0.2, 0) is 6.54 Å². The summed E-state index contributed by atoms with van der Waals surface area (Å²) in [6.45, 7) is 3.97. The van der Waals surface area contributed by atoms with Crippen LogP contribution >= 0.6 is 0 Å². The van der Waals surface area contributed by atoms with Crippen LogP contribution < -0.4 is 11.1 Å². The number of nitrogens with two attached hydrogens (primary N) is 1. The van der Waals surface area contributed by atoms with Gasteiger partial charge in [-0.1, -0.05) is 24.6 Å². The molecule has 104 valence electrons. The molecular weight excluding hydrogens is 240 g/mol. The van der Waals surface area contributed by atoms with Crippen molar-refractivity contribution in [2.75, 3.05) is 6.54 Å². The molecule has 0 amide bonds. The van der Waals surface area contributed by atoms with Gasteiger partial charge in [0, 0.05) is 19.3 Å². The fourth-order valence-corrected chi connectivity index (χ4v) is 2.54. The summed E-state index contributed by atoms with van der Waals surface area (Å²) in [5.41, 5.74) is 7.66. The van der Waals surface area contributed by atoms with Crippen molar-refractivity contribution in [3.8, 4) is 0 Å². The van der Waals surface area contributed by atoms with E-state index in [4.69, 9.17) is 10.9 Å². The largest absolute Gasteiger partial charge is 0.409 e. The van der Waals surface area contributed by atoms with Gasteiger partial charge in [-0.15, -0.1) is 0 Å². The molecule has 0 atom stereocenters. The van der Waals surface area contributed by atoms with E-state index in [0.29, 0.717) is 17.7 Å². The van der Waals surface area contributed by atoms with Gasteiger partial charge >= 0.3 is 0 Å². The zero-order chi connectivity index (χ0) is 13.7. The highest BCUT2D eigenvalue weighted by Gasteiger charge is 2.40. The Bertz CT molecular complexity index is 455. The van der Waals surface area contributed by atoms with E-state index in [2.05, 4.69) is 22.4 Å². The maximum Gasteiger partial charge on any atom is 0.189 e. The number of hydrogen-bond donors (Lipinski definition) is 3. The number of hydrogen-bond acceptors (Lipinski definition) is 4. The van der Waals surface area contributed by atoms with E-state index in [-0.39, 0.29) is 5.84 Å². The summed E-state index contributed by atoms with van der Waals surface area (Å²) in [6.07, 6.45) is 6.84. The van der Waals surface area contributed by atoms with E-state index in [9.17, 15) is 0 Å². The van der Waals surface area contributed by atoms with Gasteiger partial charge in [0.25, 0.3) is 0 Å². The van der Waals surface area contributed by atoms with Gasteiger partial charge in [-0.05, 0) is 36.3 Å². The first-order valence-corrected chi connectivity index (χ1v) is 6.83. The summed E-state index contributed by atoms with van der Waals surface area (Å²) in [5.74, 6) is 0.0621. The minimum Gasteiger partial charge on any atom is -0.409 e. The zero-order valence-electron chi connectivity index (χ0n) is 11.4. The smallest absolute Gasteiger partial charge is 0.189 e. The molecule has 1 aromatic rings. The lowest BCUT2D eigenvalue weighted by atomic mass is 10.0. The summed E-state index contributed by atoms with van der Waals surface area (Å²) in [4.78, 5) is 4.16. The summed E-state index contributed by atoms with van der Waals surface area (Å²) >= 11 is 0. The number of aromatic nitrogens is 1. The summed E-state index contributed by atoms with van der Waals surface area (Å²) < 4.78 is 0. The maximum absolute atomic E-state index is 8.75. The quantitative estimate of drug-likeness (QED) is 0.303. The van der Waals surface area contributed by atoms with Gasteiger partial charge < -0.3 is 16.3 Å². The van der Waals surface area contributed by atoms with Crippen molar-refractivity contribution >= 4 is 5.84 Å². The first kappa shape index (κ1) is 13.8. The van der Waals surface area contributed by atoms with Crippen molar-refractivity contribution in [2.45, 2.75) is 39.2 Å². The molecule has 19 heavy (non-hydrogen) atoms. The minimum atomic E-state index is 0.0621. The first-order valence-electron chi connectivity index (χ1n) is 6.83. The van der Waals surface area contributed by atoms with E-state index < -0.39 is 0 Å². The van der Waals surface area contributed by atoms with Crippen LogP contribution in [0.25, 0.3) is 0 Å². The van der Waals surface area contributed by atoms with E-state index in [1.54, 1.807) is 6.20 Å². The van der Waals surface area contributed by atoms with Crippen molar-refractivity contribution in [1.29, 1.82) is 0 Å². The Labute approximate surface area is 113 Å². The van der Waals surface area contributed by atoms with Gasteiger partial charge in [-0.25, -0.2) is 0 Å². The Morgan fingerprint density at radius 3 is 3.00 bits per heavy atom. The van der Waals surface area contributed by atoms with Crippen molar-refractivity contribution in [1.82, 2.24) is 10.3 Å². The molecule has 0 saturated heterocycles. The van der Waals surface area contributed by atoms with Gasteiger partial charge in [0.05, 0.1) is 0 Å². The zero-order valence-corrected chi connectivity index (χ0v) is 11.4. The molecule has 0 radical (unpaired) electrons. The molecule has 1 aliphatic carbocycles. The molecule has 2 rings (SSSR count). The fraction of sp³-hybridized carbons (Fsp3) is 0.571. The lowest BCUT2D eigenvalue weighted by molar-refractivity contribution is 0.318. The monoisotopic (exact) mass is 262 g/mol. The van der Waals surface area contributed by atoms with Crippen LogP contribution in [0.2, 0.25) is 0 Å². The SMILES string of the molecule is CCCC1(CNCc2cccnc2/C(N)=N/O)CC1. The molecule has 0 unspecified atom stereocenters. The molecule has 5 nitrogen and oxygen atoms in total. The first-order chi connectivity index (χ1) is 9.21. The second-order valence-corrected chi connectivity index (χ2v) is 5.35. The van der Waals surface area contributed by atoms with Gasteiger partial charge in [-0.2, -0.15) is 0 Å². The topological polar surface area (TPSA) is 83.5 Å². The second kappa shape index (κ2) is 6.02. The van der Waals surface area contributed by atoms with Crippen LogP contribution in [0.1, 0.15) is 43.9 Å². The Morgan fingerprint density at radius 2 is 2.37 bits per heavy atom. The van der Waals surface area contributed by atoms with Gasteiger partial charge in [-0.3, -0.25) is 4.98 Å². The molecule has 0 aliphatic heterocycles. The van der Waals surface area contributed by atoms with Crippen LogP contribution in [0.3, 0.4) is 0 Å². The highest BCUT2D eigenvalue weighted by atomic mass is 16.4. The lowest BCUT2D eigenvalue weighted by Gasteiger charge is -2.15. The third-order valence-corrected chi connectivity index (χ3v) is 3.79. The van der Waals surface area contributed by atoms with E-state index in [1.165, 1.54) is 25.7 Å². The van der Waals surface area contributed by atoms with Crippen molar-refractivity contribution in [2.24, 2.45) is 16.3 Å². The van der Waals surface area contributed by atoms with Crippen molar-refractivity contribution in [3.05, 3.63) is 29.6 Å². The molecular formula is C14H22N4O. The number of rotatable bonds is 7. The molecule has 0 bridgehead atoms. The normalized spacial score (nSPS) is 17.4. The molecule has 5 heteroatoms. The average Bonchev–Trinajstić information content (AvgIpc) is 3.19. The number of amidine groups is 1. The van der Waals surface area contributed by atoms with Crippen LogP contribution in [-0.4, -0.2) is 22.6 Å². The van der Waals surface area contributed by atoms with Crippen LogP contribution in [0, 0.1) is 5.41 Å². The minimum absolute atomic E-state index is 0.0621. The molecule has 1 fully saturated rings. The Hall–Kier alpha value is -1.62. The second-order valence-electron chi connectivity index (χ2n) is 5.35. The number of oxime groups is 1. The molecule has 1 aliphatic rings. The highest BCUT2D eigenvalue weighted by Crippen LogP contribution is 2.48. The van der Waals surface area contributed by atoms with E-state index in [1.807, 2.05) is 12.1 Å². The Kier molecular flexibility index (Phi) is 4.37. The molecule has 1 aromatic heterocycles. The third kappa shape index (κ3) is 3.44. The van der Waals surface area contributed by atoms with E-state index in [0.717, 1.165) is 12.1 Å². The molecule has 0 aromatic carbocycles.